The fourth-order valence-electron chi connectivity index (χ4n) is 1.82. The largest absolute Gasteiger partial charge is 1.00 e. The van der Waals surface area contributed by atoms with Gasteiger partial charge in [0, 0.05) is 9.64 Å². The van der Waals surface area contributed by atoms with Crippen molar-refractivity contribution >= 4 is 36.3 Å². The Bertz CT molecular complexity index is 833. The number of carbonyl (C=O) groups is 2. The van der Waals surface area contributed by atoms with Crippen molar-refractivity contribution in [2.45, 2.75) is 62.9 Å². The quantitative estimate of drug-likeness (QED) is 0.280. The number of ether oxygens (including phenoxy) is 1. The van der Waals surface area contributed by atoms with E-state index in [1.807, 2.05) is 32.9 Å². The smallest absolute Gasteiger partial charge is 0.787 e. The van der Waals surface area contributed by atoms with Crippen molar-refractivity contribution in [2.24, 2.45) is 0 Å². The van der Waals surface area contributed by atoms with Gasteiger partial charge in [-0.2, -0.15) is 4.75 Å². The number of rotatable bonds is 4. The Morgan fingerprint density at radius 2 is 1.38 bits per heavy atom. The van der Waals surface area contributed by atoms with Crippen LogP contribution in [0.2, 0.25) is 0 Å². The fourth-order valence-corrected chi connectivity index (χ4v) is 2.80. The van der Waals surface area contributed by atoms with Crippen LogP contribution in [0.3, 0.4) is 0 Å². The first kappa shape index (κ1) is 35.1. The van der Waals surface area contributed by atoms with E-state index in [4.69, 9.17) is 23.8 Å². The molecule has 0 amide bonds. The molecule has 0 bridgehead atoms. The second-order valence-electron chi connectivity index (χ2n) is 8.38. The SMILES string of the molecule is CC(C)(C)Sc1ccc(C(=O)O)cc1.CC(C)(C)[S-].CCOC(=O)c1ccc(F)cc1.[2H]CF.[Na+]. The van der Waals surface area contributed by atoms with Crippen LogP contribution in [-0.2, 0) is 17.4 Å². The van der Waals surface area contributed by atoms with Gasteiger partial charge in [-0.3, -0.25) is 4.39 Å². The molecule has 34 heavy (non-hydrogen) atoms. The first-order valence-electron chi connectivity index (χ1n) is 10.8. The van der Waals surface area contributed by atoms with Gasteiger partial charge in [-0.15, -0.1) is 11.8 Å². The van der Waals surface area contributed by atoms with Crippen molar-refractivity contribution in [3.05, 3.63) is 65.5 Å². The first-order valence-corrected chi connectivity index (χ1v) is 11.3. The van der Waals surface area contributed by atoms with Gasteiger partial charge in [0.1, 0.15) is 5.82 Å². The van der Waals surface area contributed by atoms with E-state index in [9.17, 15) is 18.4 Å². The molecule has 186 valence electrons. The van der Waals surface area contributed by atoms with E-state index >= 15 is 0 Å². The van der Waals surface area contributed by atoms with Gasteiger partial charge < -0.3 is 22.5 Å². The Balaban J connectivity index is -0.000000443. The van der Waals surface area contributed by atoms with E-state index < -0.39 is 19.1 Å². The Morgan fingerprint density at radius 1 is 1.00 bits per heavy atom. The second kappa shape index (κ2) is 19.2. The summed E-state index contributed by atoms with van der Waals surface area (Å²) in [5.41, 5.74) is 0.710. The number of hydrogen-bond donors (Lipinski definition) is 1. The number of esters is 1. The number of halogens is 2. The maximum atomic E-state index is 12.4. The van der Waals surface area contributed by atoms with E-state index in [1.54, 1.807) is 30.8 Å². The van der Waals surface area contributed by atoms with E-state index in [2.05, 4.69) is 20.8 Å². The van der Waals surface area contributed by atoms with Crippen LogP contribution in [0.1, 0.15) is 70.6 Å². The molecule has 0 radical (unpaired) electrons. The molecular formula is C25H35F2NaO4S2. The molecule has 0 spiro atoms. The number of alkyl halides is 1. The van der Waals surface area contributed by atoms with E-state index in [0.29, 0.717) is 17.7 Å². The summed E-state index contributed by atoms with van der Waals surface area (Å²) in [7, 11) is -1.00. The number of aromatic carboxylic acids is 1. The molecule has 2 aromatic rings. The van der Waals surface area contributed by atoms with E-state index in [1.165, 1.54) is 24.3 Å². The minimum atomic E-state index is -1.00. The Hall–Kier alpha value is -1.06. The zero-order valence-corrected chi connectivity index (χ0v) is 24.9. The topological polar surface area (TPSA) is 63.6 Å². The molecule has 0 atom stereocenters. The molecule has 0 aliphatic carbocycles. The van der Waals surface area contributed by atoms with Crippen LogP contribution in [0.5, 0.6) is 0 Å². The normalized spacial score (nSPS) is 10.4. The van der Waals surface area contributed by atoms with Crippen molar-refractivity contribution in [1.82, 2.24) is 0 Å². The van der Waals surface area contributed by atoms with Gasteiger partial charge in [0.25, 0.3) is 0 Å². The minimum Gasteiger partial charge on any atom is -0.787 e. The molecule has 2 rings (SSSR count). The minimum absolute atomic E-state index is 0. The molecule has 0 heterocycles. The second-order valence-corrected chi connectivity index (χ2v) is 11.5. The van der Waals surface area contributed by atoms with Crippen LogP contribution < -0.4 is 29.6 Å². The van der Waals surface area contributed by atoms with Crippen molar-refractivity contribution in [3.8, 4) is 0 Å². The van der Waals surface area contributed by atoms with Gasteiger partial charge in [-0.1, -0.05) is 41.5 Å². The zero-order chi connectivity index (χ0) is 26.9. The summed E-state index contributed by atoms with van der Waals surface area (Å²) in [6.07, 6.45) is 0. The number of benzene rings is 2. The van der Waals surface area contributed by atoms with Gasteiger partial charge in [0.05, 0.1) is 26.3 Å². The molecule has 0 aliphatic heterocycles. The third-order valence-corrected chi connectivity index (χ3v) is 4.00. The first-order chi connectivity index (χ1) is 15.5. The molecule has 2 aromatic carbocycles. The monoisotopic (exact) mass is 525 g/mol. The zero-order valence-electron chi connectivity index (χ0n) is 22.3. The fraction of sp³-hybridized carbons (Fsp3) is 0.440. The van der Waals surface area contributed by atoms with Crippen molar-refractivity contribution in [2.75, 3.05) is 13.8 Å². The summed E-state index contributed by atoms with van der Waals surface area (Å²) in [4.78, 5) is 22.7. The van der Waals surface area contributed by atoms with Crippen LogP contribution in [0.25, 0.3) is 0 Å². The van der Waals surface area contributed by atoms with Crippen LogP contribution >= 0.6 is 11.8 Å². The predicted molar refractivity (Wildman–Crippen MR) is 136 cm³/mol. The number of carbonyl (C=O) groups excluding carboxylic acids is 1. The van der Waals surface area contributed by atoms with Crippen LogP contribution in [0.15, 0.2) is 53.4 Å². The van der Waals surface area contributed by atoms with Crippen molar-refractivity contribution < 1.29 is 59.1 Å². The maximum absolute atomic E-state index is 12.4. The summed E-state index contributed by atoms with van der Waals surface area (Å²) in [6, 6.07) is 12.2. The van der Waals surface area contributed by atoms with Gasteiger partial charge in [-0.25, -0.2) is 14.0 Å². The Morgan fingerprint density at radius 3 is 1.71 bits per heavy atom. The average molecular weight is 526 g/mol. The molecule has 0 fully saturated rings. The van der Waals surface area contributed by atoms with Crippen LogP contribution in [0.4, 0.5) is 8.78 Å². The van der Waals surface area contributed by atoms with Gasteiger partial charge >= 0.3 is 41.5 Å². The van der Waals surface area contributed by atoms with Crippen molar-refractivity contribution in [1.29, 1.82) is 0 Å². The van der Waals surface area contributed by atoms with Gasteiger partial charge in [-0.05, 0) is 55.5 Å². The number of carboxylic acid groups (broad SMARTS) is 1. The molecule has 0 aliphatic rings. The average Bonchev–Trinajstić information content (AvgIpc) is 2.68. The number of hydrogen-bond acceptors (Lipinski definition) is 5. The molecule has 9 heteroatoms. The molecule has 1 N–H and O–H groups in total. The summed E-state index contributed by atoms with van der Waals surface area (Å²) in [5.74, 6) is -1.65. The molecule has 0 unspecified atom stereocenters. The summed E-state index contributed by atoms with van der Waals surface area (Å²) >= 11 is 6.55. The van der Waals surface area contributed by atoms with E-state index in [0.717, 1.165) is 4.90 Å². The Labute approximate surface area is 236 Å². The predicted octanol–water partition coefficient (Wildman–Crippen LogP) is 4.20. The van der Waals surface area contributed by atoms with Gasteiger partial charge in [0.2, 0.25) is 0 Å². The molecule has 0 saturated carbocycles. The summed E-state index contributed by atoms with van der Waals surface area (Å²) < 4.78 is 32.8. The summed E-state index contributed by atoms with van der Waals surface area (Å²) in [5, 5.41) is 8.70. The summed E-state index contributed by atoms with van der Waals surface area (Å²) in [6.45, 7) is 14.4. The third kappa shape index (κ3) is 22.7. The maximum Gasteiger partial charge on any atom is 1.00 e. The molecule has 0 aromatic heterocycles. The molecule has 4 nitrogen and oxygen atoms in total. The number of carboxylic acids is 1. The van der Waals surface area contributed by atoms with Crippen LogP contribution in [0, 0.1) is 5.82 Å². The van der Waals surface area contributed by atoms with Crippen LogP contribution in [-0.4, -0.2) is 40.3 Å². The standard InChI is InChI=1S/C11H14O2S.C9H9FO2.C4H10S.CH3F.Na/c1-11(2,3)14-9-6-4-8(5-7-9)10(12)13;1-2-12-9(11)7-3-5-8(10)6-4-7;1-4(2,3)5;1-2;/h4-7H,1-3H3,(H,12,13);3-6H,2H2,1H3;5H,1-3H3;1H3;/q;;;;+1/p-1/i;;;1D;. The van der Waals surface area contributed by atoms with E-state index in [-0.39, 0.29) is 44.9 Å². The third-order valence-electron chi connectivity index (χ3n) is 2.88. The molecular weight excluding hydrogens is 489 g/mol. The van der Waals surface area contributed by atoms with Crippen molar-refractivity contribution in [3.63, 3.8) is 0 Å². The molecule has 0 saturated heterocycles. The Kier molecular flexibility index (Phi) is 19.8. The number of thioether (sulfide) groups is 1. The van der Waals surface area contributed by atoms with Gasteiger partial charge in [0.15, 0.2) is 0 Å².